The molecule has 1 aliphatic rings. The molecule has 0 bridgehead atoms. The van der Waals surface area contributed by atoms with Crippen LogP contribution < -0.4 is 16.1 Å². The molecule has 2 rings (SSSR count). The molecule has 1 aromatic carbocycles. The molecule has 0 saturated heterocycles. The van der Waals surface area contributed by atoms with Crippen molar-refractivity contribution in [3.05, 3.63) is 29.3 Å². The van der Waals surface area contributed by atoms with Gasteiger partial charge in [0.1, 0.15) is 0 Å². The van der Waals surface area contributed by atoms with Gasteiger partial charge in [0.2, 0.25) is 12.3 Å². The number of carbonyl (C=O) groups excluding carboxylic acids is 2. The van der Waals surface area contributed by atoms with Crippen molar-refractivity contribution in [2.75, 3.05) is 19.6 Å². The predicted octanol–water partition coefficient (Wildman–Crippen LogP) is 0.508. The summed E-state index contributed by atoms with van der Waals surface area (Å²) in [4.78, 5) is 24.9. The van der Waals surface area contributed by atoms with E-state index in [9.17, 15) is 9.59 Å². The first-order valence-corrected chi connectivity index (χ1v) is 8.79. The van der Waals surface area contributed by atoms with Crippen LogP contribution in [0.3, 0.4) is 0 Å². The quantitative estimate of drug-likeness (QED) is 0.505. The average molecular weight is 345 g/mol. The Labute approximate surface area is 150 Å². The molecule has 0 spiro atoms. The van der Waals surface area contributed by atoms with Gasteiger partial charge in [0, 0.05) is 25.2 Å². The molecule has 0 atom stereocenters. The lowest BCUT2D eigenvalue weighted by atomic mass is 9.64. The zero-order valence-electron chi connectivity index (χ0n) is 15.6. The Morgan fingerprint density at radius 3 is 2.88 bits per heavy atom. The van der Waals surface area contributed by atoms with Crippen LogP contribution in [0.4, 0.5) is 0 Å². The van der Waals surface area contributed by atoms with Crippen LogP contribution in [0.1, 0.15) is 31.9 Å². The molecule has 0 fully saturated rings. The fourth-order valence-corrected chi connectivity index (χ4v) is 3.09. The van der Waals surface area contributed by atoms with Crippen molar-refractivity contribution < 1.29 is 14.2 Å². The van der Waals surface area contributed by atoms with E-state index < -0.39 is 0 Å². The molecular formula is C18H28BN3O3. The van der Waals surface area contributed by atoms with Crippen LogP contribution in [0.5, 0.6) is 0 Å². The SMILES string of the molecule is CCNC(=O)CN(Cc1ccc2c(c1)B(C)OC2)C(C)(C)CNC=O. The molecule has 6 nitrogen and oxygen atoms in total. The van der Waals surface area contributed by atoms with E-state index in [2.05, 4.69) is 40.6 Å². The molecule has 136 valence electrons. The van der Waals surface area contributed by atoms with Gasteiger partial charge in [-0.2, -0.15) is 0 Å². The van der Waals surface area contributed by atoms with Crippen molar-refractivity contribution in [2.24, 2.45) is 0 Å². The Kier molecular flexibility index (Phi) is 6.61. The van der Waals surface area contributed by atoms with Crippen LogP contribution in [0.2, 0.25) is 6.82 Å². The zero-order valence-corrected chi connectivity index (χ0v) is 15.6. The second-order valence-electron chi connectivity index (χ2n) is 7.11. The normalized spacial score (nSPS) is 13.7. The minimum absolute atomic E-state index is 0.0143. The van der Waals surface area contributed by atoms with E-state index in [0.29, 0.717) is 32.7 Å². The summed E-state index contributed by atoms with van der Waals surface area (Å²) < 4.78 is 5.67. The fourth-order valence-electron chi connectivity index (χ4n) is 3.09. The van der Waals surface area contributed by atoms with Gasteiger partial charge in [-0.15, -0.1) is 0 Å². The molecule has 0 saturated carbocycles. The Balaban J connectivity index is 2.18. The summed E-state index contributed by atoms with van der Waals surface area (Å²) in [5.74, 6) is -0.0143. The number of hydrogen-bond acceptors (Lipinski definition) is 4. The third-order valence-electron chi connectivity index (χ3n) is 4.69. The summed E-state index contributed by atoms with van der Waals surface area (Å²) in [6.07, 6.45) is 0.695. The standard InChI is InChI=1S/C18H28BN3O3/c1-5-21-17(24)10-22(18(2,3)12-20-13-23)9-14-6-7-15-11-25-19(4)16(15)8-14/h6-8,13H,5,9-12H2,1-4H3,(H,20,23)(H,21,24). The number of benzene rings is 1. The maximum Gasteiger partial charge on any atom is 0.324 e. The van der Waals surface area contributed by atoms with Crippen LogP contribution in [-0.4, -0.2) is 49.3 Å². The second-order valence-corrected chi connectivity index (χ2v) is 7.11. The Hall–Kier alpha value is -1.86. The van der Waals surface area contributed by atoms with E-state index in [1.54, 1.807) is 0 Å². The topological polar surface area (TPSA) is 70.7 Å². The minimum atomic E-state index is -0.354. The Bertz CT molecular complexity index is 622. The number of fused-ring (bicyclic) bond motifs is 1. The summed E-state index contributed by atoms with van der Waals surface area (Å²) in [5.41, 5.74) is 3.24. The first-order valence-electron chi connectivity index (χ1n) is 8.79. The van der Waals surface area contributed by atoms with Gasteiger partial charge in [-0.1, -0.05) is 25.0 Å². The minimum Gasteiger partial charge on any atom is -0.427 e. The number of amides is 2. The summed E-state index contributed by atoms with van der Waals surface area (Å²) in [7, 11) is 0. The number of nitrogens with zero attached hydrogens (tertiary/aromatic N) is 1. The van der Waals surface area contributed by atoms with Gasteiger partial charge in [0.05, 0.1) is 13.2 Å². The maximum atomic E-state index is 12.1. The molecule has 0 aliphatic carbocycles. The smallest absolute Gasteiger partial charge is 0.324 e. The van der Waals surface area contributed by atoms with E-state index in [0.717, 1.165) is 5.56 Å². The van der Waals surface area contributed by atoms with E-state index in [1.807, 2.05) is 20.8 Å². The maximum absolute atomic E-state index is 12.1. The summed E-state index contributed by atoms with van der Waals surface area (Å²) in [5, 5.41) is 5.58. The van der Waals surface area contributed by atoms with E-state index in [4.69, 9.17) is 4.65 Å². The third kappa shape index (κ3) is 5.06. The molecule has 0 radical (unpaired) electrons. The third-order valence-corrected chi connectivity index (χ3v) is 4.69. The van der Waals surface area contributed by atoms with Gasteiger partial charge in [0.15, 0.2) is 0 Å². The highest BCUT2D eigenvalue weighted by atomic mass is 16.4. The highest BCUT2D eigenvalue weighted by molar-refractivity contribution is 6.67. The number of likely N-dealkylation sites (N-methyl/N-ethyl adjacent to an activating group) is 1. The van der Waals surface area contributed by atoms with Crippen molar-refractivity contribution in [1.29, 1.82) is 0 Å². The Morgan fingerprint density at radius 1 is 1.44 bits per heavy atom. The molecule has 1 aromatic rings. The molecule has 2 amide bonds. The number of hydrogen-bond donors (Lipinski definition) is 2. The van der Waals surface area contributed by atoms with Crippen LogP contribution >= 0.6 is 0 Å². The van der Waals surface area contributed by atoms with Gasteiger partial charge in [-0.3, -0.25) is 14.5 Å². The fraction of sp³-hybridized carbons (Fsp3) is 0.556. The highest BCUT2D eigenvalue weighted by Crippen LogP contribution is 2.19. The lowest BCUT2D eigenvalue weighted by molar-refractivity contribution is -0.123. The zero-order chi connectivity index (χ0) is 18.4. The van der Waals surface area contributed by atoms with Gasteiger partial charge in [0.25, 0.3) is 0 Å². The summed E-state index contributed by atoms with van der Waals surface area (Å²) in [6, 6.07) is 6.37. The summed E-state index contributed by atoms with van der Waals surface area (Å²) >= 11 is 0. The molecule has 0 unspecified atom stereocenters. The molecule has 1 heterocycles. The van der Waals surface area contributed by atoms with Crippen LogP contribution in [0, 0.1) is 0 Å². The number of rotatable bonds is 9. The van der Waals surface area contributed by atoms with E-state index >= 15 is 0 Å². The second kappa shape index (κ2) is 8.49. The van der Waals surface area contributed by atoms with E-state index in [-0.39, 0.29) is 24.9 Å². The predicted molar refractivity (Wildman–Crippen MR) is 99.7 cm³/mol. The lowest BCUT2D eigenvalue weighted by Crippen LogP contribution is -2.53. The van der Waals surface area contributed by atoms with E-state index in [1.165, 1.54) is 11.0 Å². The molecular weight excluding hydrogens is 317 g/mol. The molecule has 2 N–H and O–H groups in total. The molecule has 7 heteroatoms. The van der Waals surface area contributed by atoms with Crippen molar-refractivity contribution in [3.63, 3.8) is 0 Å². The first kappa shape index (κ1) is 19.5. The van der Waals surface area contributed by atoms with Crippen molar-refractivity contribution in [1.82, 2.24) is 15.5 Å². The average Bonchev–Trinajstić information content (AvgIpc) is 2.93. The number of nitrogens with one attached hydrogen (secondary N) is 2. The van der Waals surface area contributed by atoms with Gasteiger partial charge < -0.3 is 15.3 Å². The van der Waals surface area contributed by atoms with Gasteiger partial charge in [-0.05, 0) is 37.4 Å². The van der Waals surface area contributed by atoms with Gasteiger partial charge in [-0.25, -0.2) is 0 Å². The largest absolute Gasteiger partial charge is 0.427 e. The lowest BCUT2D eigenvalue weighted by Gasteiger charge is -2.38. The highest BCUT2D eigenvalue weighted by Gasteiger charge is 2.29. The van der Waals surface area contributed by atoms with Crippen molar-refractivity contribution in [3.8, 4) is 0 Å². The Morgan fingerprint density at radius 2 is 2.20 bits per heavy atom. The molecule has 1 aliphatic heterocycles. The first-order chi connectivity index (χ1) is 11.9. The molecule has 0 aromatic heterocycles. The summed E-state index contributed by atoms with van der Waals surface area (Å²) in [6.45, 7) is 10.8. The number of carbonyl (C=O) groups is 2. The van der Waals surface area contributed by atoms with Crippen molar-refractivity contribution >= 4 is 24.7 Å². The van der Waals surface area contributed by atoms with Crippen molar-refractivity contribution in [2.45, 2.75) is 46.3 Å². The van der Waals surface area contributed by atoms with Crippen LogP contribution in [-0.2, 0) is 27.4 Å². The van der Waals surface area contributed by atoms with Crippen LogP contribution in [0.15, 0.2) is 18.2 Å². The van der Waals surface area contributed by atoms with Crippen LogP contribution in [0.25, 0.3) is 0 Å². The monoisotopic (exact) mass is 345 g/mol. The van der Waals surface area contributed by atoms with Gasteiger partial charge >= 0.3 is 6.92 Å². The molecule has 25 heavy (non-hydrogen) atoms.